The van der Waals surface area contributed by atoms with Gasteiger partial charge in [-0.1, -0.05) is 5.16 Å². The minimum Gasteiger partial charge on any atom is -0.481 e. The van der Waals surface area contributed by atoms with Crippen LogP contribution in [0.1, 0.15) is 18.7 Å². The minimum atomic E-state index is -0.856. The number of carbonyl (C=O) groups is 2. The Morgan fingerprint density at radius 1 is 1.61 bits per heavy atom. The summed E-state index contributed by atoms with van der Waals surface area (Å²) in [6.07, 6.45) is 2.50. The molecule has 1 atom stereocenters. The molecule has 1 fully saturated rings. The van der Waals surface area contributed by atoms with Gasteiger partial charge in [-0.15, -0.1) is 0 Å². The maximum absolute atomic E-state index is 11.8. The Hall–Kier alpha value is -2.12. The first kappa shape index (κ1) is 12.3. The van der Waals surface area contributed by atoms with E-state index in [-0.39, 0.29) is 19.1 Å². The second-order valence-corrected chi connectivity index (χ2v) is 4.13. The number of carboxylic acid groups (broad SMARTS) is 1. The molecule has 0 aliphatic carbocycles. The van der Waals surface area contributed by atoms with E-state index in [1.54, 1.807) is 0 Å². The van der Waals surface area contributed by atoms with Crippen LogP contribution in [0.5, 0.6) is 0 Å². The number of hydrogen-bond donors (Lipinski definition) is 2. The molecule has 1 aliphatic rings. The highest BCUT2D eigenvalue weighted by atomic mass is 16.5. The van der Waals surface area contributed by atoms with Crippen LogP contribution in [0, 0.1) is 5.92 Å². The fourth-order valence-corrected chi connectivity index (χ4v) is 1.90. The summed E-state index contributed by atoms with van der Waals surface area (Å²) in [4.78, 5) is 27.9. The average Bonchev–Trinajstić information content (AvgIpc) is 2.89. The lowest BCUT2D eigenvalue weighted by atomic mass is 9.99. The molecule has 1 aromatic rings. The van der Waals surface area contributed by atoms with E-state index in [4.69, 9.17) is 5.11 Å². The number of rotatable bonds is 3. The third kappa shape index (κ3) is 2.96. The summed E-state index contributed by atoms with van der Waals surface area (Å²) in [5.41, 5.74) is 0. The number of urea groups is 1. The van der Waals surface area contributed by atoms with Crippen LogP contribution >= 0.6 is 0 Å². The molecule has 8 nitrogen and oxygen atoms in total. The summed E-state index contributed by atoms with van der Waals surface area (Å²) in [6.45, 7) is 0.985. The number of carbonyl (C=O) groups excluding carboxylic acids is 1. The molecule has 2 rings (SSSR count). The first-order valence-electron chi connectivity index (χ1n) is 5.67. The monoisotopic (exact) mass is 254 g/mol. The molecule has 1 saturated heterocycles. The maximum Gasteiger partial charge on any atom is 0.317 e. The lowest BCUT2D eigenvalue weighted by Crippen LogP contribution is -2.46. The average molecular weight is 254 g/mol. The third-order valence-corrected chi connectivity index (χ3v) is 2.86. The first-order chi connectivity index (χ1) is 8.66. The first-order valence-corrected chi connectivity index (χ1v) is 5.67. The van der Waals surface area contributed by atoms with Gasteiger partial charge in [-0.05, 0) is 12.8 Å². The number of nitrogens with one attached hydrogen (secondary N) is 1. The van der Waals surface area contributed by atoms with Crippen molar-refractivity contribution in [1.82, 2.24) is 20.4 Å². The van der Waals surface area contributed by atoms with Crippen molar-refractivity contribution in [2.45, 2.75) is 19.4 Å². The number of aromatic nitrogens is 2. The molecule has 98 valence electrons. The van der Waals surface area contributed by atoms with E-state index in [9.17, 15) is 9.59 Å². The zero-order valence-corrected chi connectivity index (χ0v) is 9.70. The lowest BCUT2D eigenvalue weighted by molar-refractivity contribution is -0.143. The molecule has 0 bridgehead atoms. The number of piperidine rings is 1. The van der Waals surface area contributed by atoms with Crippen LogP contribution in [-0.4, -0.2) is 45.2 Å². The van der Waals surface area contributed by atoms with Crippen molar-refractivity contribution < 1.29 is 19.2 Å². The summed E-state index contributed by atoms with van der Waals surface area (Å²) in [5.74, 6) is -0.949. The molecule has 2 N–H and O–H groups in total. The standard InChI is InChI=1S/C10H14N4O4/c15-9(16)7-2-1-3-14(5-7)10(17)11-4-8-12-6-18-13-8/h6-7H,1-5H2,(H,11,17)(H,15,16)/t7-/m1/s1. The van der Waals surface area contributed by atoms with Crippen LogP contribution in [0.3, 0.4) is 0 Å². The molecule has 0 radical (unpaired) electrons. The van der Waals surface area contributed by atoms with Crippen LogP contribution in [0.2, 0.25) is 0 Å². The Labute approximate surface area is 103 Å². The smallest absolute Gasteiger partial charge is 0.317 e. The minimum absolute atomic E-state index is 0.170. The van der Waals surface area contributed by atoms with Crippen LogP contribution in [-0.2, 0) is 11.3 Å². The normalized spacial score (nSPS) is 19.6. The highest BCUT2D eigenvalue weighted by Crippen LogP contribution is 2.16. The second kappa shape index (κ2) is 5.48. The van der Waals surface area contributed by atoms with Crippen molar-refractivity contribution in [3.63, 3.8) is 0 Å². The van der Waals surface area contributed by atoms with Gasteiger partial charge in [0.05, 0.1) is 12.5 Å². The zero-order chi connectivity index (χ0) is 13.0. The maximum atomic E-state index is 11.8. The third-order valence-electron chi connectivity index (χ3n) is 2.86. The van der Waals surface area contributed by atoms with Gasteiger partial charge in [0.2, 0.25) is 6.39 Å². The number of carboxylic acids is 1. The predicted molar refractivity (Wildman–Crippen MR) is 58.5 cm³/mol. The van der Waals surface area contributed by atoms with E-state index < -0.39 is 11.9 Å². The molecule has 0 aromatic carbocycles. The second-order valence-electron chi connectivity index (χ2n) is 4.13. The molecule has 2 heterocycles. The molecular weight excluding hydrogens is 240 g/mol. The van der Waals surface area contributed by atoms with Gasteiger partial charge in [0.1, 0.15) is 0 Å². The van der Waals surface area contributed by atoms with E-state index >= 15 is 0 Å². The molecule has 0 spiro atoms. The lowest BCUT2D eigenvalue weighted by Gasteiger charge is -2.30. The van der Waals surface area contributed by atoms with Crippen molar-refractivity contribution in [3.8, 4) is 0 Å². The SMILES string of the molecule is O=C(O)[C@@H]1CCCN(C(=O)NCc2ncon2)C1. The number of amides is 2. The Morgan fingerprint density at radius 3 is 3.11 bits per heavy atom. The van der Waals surface area contributed by atoms with Gasteiger partial charge in [0, 0.05) is 13.1 Å². The van der Waals surface area contributed by atoms with Crippen molar-refractivity contribution in [1.29, 1.82) is 0 Å². The summed E-state index contributed by atoms with van der Waals surface area (Å²) >= 11 is 0. The number of nitrogens with zero attached hydrogens (tertiary/aromatic N) is 3. The van der Waals surface area contributed by atoms with Crippen molar-refractivity contribution in [2.24, 2.45) is 5.92 Å². The quantitative estimate of drug-likeness (QED) is 0.790. The summed E-state index contributed by atoms with van der Waals surface area (Å²) < 4.78 is 4.54. The van der Waals surface area contributed by atoms with E-state index in [1.807, 2.05) is 0 Å². The van der Waals surface area contributed by atoms with Gasteiger partial charge in [-0.3, -0.25) is 4.79 Å². The number of hydrogen-bond acceptors (Lipinski definition) is 5. The molecule has 0 unspecified atom stereocenters. The molecule has 2 amide bonds. The van der Waals surface area contributed by atoms with E-state index in [2.05, 4.69) is 20.0 Å². The van der Waals surface area contributed by atoms with Crippen LogP contribution in [0.25, 0.3) is 0 Å². The topological polar surface area (TPSA) is 109 Å². The summed E-state index contributed by atoms with van der Waals surface area (Å²) in [5, 5.41) is 15.1. The number of likely N-dealkylation sites (tertiary alicyclic amines) is 1. The van der Waals surface area contributed by atoms with Gasteiger partial charge < -0.3 is 19.8 Å². The largest absolute Gasteiger partial charge is 0.481 e. The van der Waals surface area contributed by atoms with E-state index in [1.165, 1.54) is 11.3 Å². The zero-order valence-electron chi connectivity index (χ0n) is 9.70. The highest BCUT2D eigenvalue weighted by molar-refractivity contribution is 5.76. The summed E-state index contributed by atoms with van der Waals surface area (Å²) in [6, 6.07) is -0.300. The van der Waals surface area contributed by atoms with Gasteiger partial charge in [-0.25, -0.2) is 4.79 Å². The van der Waals surface area contributed by atoms with Gasteiger partial charge in [0.15, 0.2) is 5.82 Å². The Morgan fingerprint density at radius 2 is 2.44 bits per heavy atom. The van der Waals surface area contributed by atoms with Gasteiger partial charge in [0.25, 0.3) is 0 Å². The highest BCUT2D eigenvalue weighted by Gasteiger charge is 2.27. The van der Waals surface area contributed by atoms with E-state index in [0.29, 0.717) is 25.2 Å². The Bertz CT molecular complexity index is 420. The van der Waals surface area contributed by atoms with Crippen molar-refractivity contribution >= 4 is 12.0 Å². The molecular formula is C10H14N4O4. The molecule has 0 saturated carbocycles. The molecule has 1 aromatic heterocycles. The van der Waals surface area contributed by atoms with E-state index in [0.717, 1.165) is 0 Å². The fraction of sp³-hybridized carbons (Fsp3) is 0.600. The van der Waals surface area contributed by atoms with Gasteiger partial charge in [-0.2, -0.15) is 4.98 Å². The fourth-order valence-electron chi connectivity index (χ4n) is 1.90. The predicted octanol–water partition coefficient (Wildman–Crippen LogP) is 0.0758. The van der Waals surface area contributed by atoms with Crippen LogP contribution < -0.4 is 5.32 Å². The summed E-state index contributed by atoms with van der Waals surface area (Å²) in [7, 11) is 0. The Balaban J connectivity index is 1.83. The molecule has 18 heavy (non-hydrogen) atoms. The Kier molecular flexibility index (Phi) is 3.75. The van der Waals surface area contributed by atoms with Crippen molar-refractivity contribution in [2.75, 3.05) is 13.1 Å². The molecule has 8 heteroatoms. The van der Waals surface area contributed by atoms with Gasteiger partial charge >= 0.3 is 12.0 Å². The molecule has 1 aliphatic heterocycles. The van der Waals surface area contributed by atoms with Crippen LogP contribution in [0.4, 0.5) is 4.79 Å². The van der Waals surface area contributed by atoms with Crippen LogP contribution in [0.15, 0.2) is 10.9 Å². The number of aliphatic carboxylic acids is 1. The van der Waals surface area contributed by atoms with Crippen molar-refractivity contribution in [3.05, 3.63) is 12.2 Å².